The maximum atomic E-state index is 11.2. The molecular weight excluding hydrogens is 218 g/mol. The number of carbonyl (C=O) groups is 1. The third-order valence-electron chi connectivity index (χ3n) is 2.38. The van der Waals surface area contributed by atoms with E-state index in [0.29, 0.717) is 23.5 Å². The van der Waals surface area contributed by atoms with Gasteiger partial charge >= 0.3 is 0 Å². The number of hydrogen-bond acceptors (Lipinski definition) is 4. The molecule has 5 nitrogen and oxygen atoms in total. The van der Waals surface area contributed by atoms with Gasteiger partial charge in [-0.3, -0.25) is 4.79 Å². The molecular formula is C12H19N3O2. The van der Waals surface area contributed by atoms with Gasteiger partial charge in [-0.1, -0.05) is 6.07 Å². The Labute approximate surface area is 101 Å². The number of hydrogen-bond donors (Lipinski definition) is 3. The number of amides is 1. The molecule has 1 aromatic carbocycles. The number of aliphatic hydroxyl groups is 1. The molecule has 0 radical (unpaired) electrons. The molecule has 5 N–H and O–H groups in total. The SMILES string of the molecule is CN(CC(C)(C)O)c1cccc(C(N)=O)c1N. The summed E-state index contributed by atoms with van der Waals surface area (Å²) in [5.41, 5.74) is 11.6. The zero-order chi connectivity index (χ0) is 13.2. The minimum Gasteiger partial charge on any atom is -0.396 e. The summed E-state index contributed by atoms with van der Waals surface area (Å²) in [5.74, 6) is -0.555. The Morgan fingerprint density at radius 3 is 2.53 bits per heavy atom. The van der Waals surface area contributed by atoms with E-state index in [2.05, 4.69) is 0 Å². The average molecular weight is 237 g/mol. The minimum atomic E-state index is -0.843. The Hall–Kier alpha value is -1.75. The molecule has 0 saturated heterocycles. The van der Waals surface area contributed by atoms with E-state index in [4.69, 9.17) is 11.5 Å². The maximum Gasteiger partial charge on any atom is 0.250 e. The molecule has 0 heterocycles. The lowest BCUT2D eigenvalue weighted by atomic mass is 10.1. The van der Waals surface area contributed by atoms with Gasteiger partial charge < -0.3 is 21.5 Å². The first kappa shape index (κ1) is 13.3. The molecule has 0 bridgehead atoms. The van der Waals surface area contributed by atoms with Gasteiger partial charge in [0.15, 0.2) is 0 Å². The van der Waals surface area contributed by atoms with Crippen molar-refractivity contribution in [2.24, 2.45) is 5.73 Å². The lowest BCUT2D eigenvalue weighted by molar-refractivity contribution is 0.0886. The van der Waals surface area contributed by atoms with Crippen LogP contribution in [0.4, 0.5) is 11.4 Å². The topological polar surface area (TPSA) is 92.6 Å². The van der Waals surface area contributed by atoms with E-state index in [0.717, 1.165) is 0 Å². The third-order valence-corrected chi connectivity index (χ3v) is 2.38. The summed E-state index contributed by atoms with van der Waals surface area (Å²) in [6, 6.07) is 5.08. The fraction of sp³-hybridized carbons (Fsp3) is 0.417. The molecule has 17 heavy (non-hydrogen) atoms. The second-order valence-corrected chi connectivity index (χ2v) is 4.77. The van der Waals surface area contributed by atoms with Crippen LogP contribution < -0.4 is 16.4 Å². The third kappa shape index (κ3) is 3.35. The van der Waals surface area contributed by atoms with Gasteiger partial charge in [0, 0.05) is 13.6 Å². The number of anilines is 2. The second kappa shape index (κ2) is 4.63. The molecule has 0 aliphatic carbocycles. The lowest BCUT2D eigenvalue weighted by Gasteiger charge is -2.28. The number of primary amides is 1. The van der Waals surface area contributed by atoms with Crippen molar-refractivity contribution in [1.82, 2.24) is 0 Å². The number of rotatable bonds is 4. The number of likely N-dealkylation sites (N-methyl/N-ethyl adjacent to an activating group) is 1. The number of nitrogen functional groups attached to an aromatic ring is 1. The van der Waals surface area contributed by atoms with Crippen LogP contribution in [0, 0.1) is 0 Å². The molecule has 0 unspecified atom stereocenters. The standard InChI is InChI=1S/C12H19N3O2/c1-12(2,17)7-15(3)9-6-4-5-8(10(9)13)11(14)16/h4-6,17H,7,13H2,1-3H3,(H2,14,16). The maximum absolute atomic E-state index is 11.2. The summed E-state index contributed by atoms with van der Waals surface area (Å²) in [6.45, 7) is 3.81. The number of para-hydroxylation sites is 1. The van der Waals surface area contributed by atoms with Crippen LogP contribution in [0.1, 0.15) is 24.2 Å². The van der Waals surface area contributed by atoms with Gasteiger partial charge in [-0.25, -0.2) is 0 Å². The summed E-state index contributed by atoms with van der Waals surface area (Å²) >= 11 is 0. The van der Waals surface area contributed by atoms with Crippen LogP contribution in [0.5, 0.6) is 0 Å². The van der Waals surface area contributed by atoms with Gasteiger partial charge in [0.25, 0.3) is 5.91 Å². The summed E-state index contributed by atoms with van der Waals surface area (Å²) in [6.07, 6.45) is 0. The Kier molecular flexibility index (Phi) is 3.63. The quantitative estimate of drug-likeness (QED) is 0.668. The zero-order valence-electron chi connectivity index (χ0n) is 10.4. The predicted octanol–water partition coefficient (Wildman–Crippen LogP) is 0.575. The highest BCUT2D eigenvalue weighted by Gasteiger charge is 2.19. The summed E-state index contributed by atoms with van der Waals surface area (Å²) in [7, 11) is 1.80. The van der Waals surface area contributed by atoms with Crippen molar-refractivity contribution in [1.29, 1.82) is 0 Å². The minimum absolute atomic E-state index is 0.296. The monoisotopic (exact) mass is 237 g/mol. The average Bonchev–Trinajstić information content (AvgIpc) is 2.14. The molecule has 0 aromatic heterocycles. The first-order valence-corrected chi connectivity index (χ1v) is 5.34. The Bertz CT molecular complexity index is 424. The van der Waals surface area contributed by atoms with Crippen molar-refractivity contribution in [3.63, 3.8) is 0 Å². The van der Waals surface area contributed by atoms with Crippen LogP contribution in [0.2, 0.25) is 0 Å². The zero-order valence-corrected chi connectivity index (χ0v) is 10.4. The van der Waals surface area contributed by atoms with Gasteiger partial charge in [0.05, 0.1) is 22.5 Å². The lowest BCUT2D eigenvalue weighted by Crippen LogP contribution is -2.36. The van der Waals surface area contributed by atoms with Crippen molar-refractivity contribution < 1.29 is 9.90 Å². The van der Waals surface area contributed by atoms with E-state index in [1.165, 1.54) is 0 Å². The van der Waals surface area contributed by atoms with Crippen molar-refractivity contribution in [2.75, 3.05) is 24.2 Å². The largest absolute Gasteiger partial charge is 0.396 e. The first-order chi connectivity index (χ1) is 7.72. The Morgan fingerprint density at radius 1 is 1.47 bits per heavy atom. The van der Waals surface area contributed by atoms with E-state index in [-0.39, 0.29) is 0 Å². The molecule has 1 rings (SSSR count). The molecule has 0 aliphatic heterocycles. The van der Waals surface area contributed by atoms with Crippen molar-refractivity contribution in [3.8, 4) is 0 Å². The van der Waals surface area contributed by atoms with Crippen molar-refractivity contribution in [3.05, 3.63) is 23.8 Å². The summed E-state index contributed by atoms with van der Waals surface area (Å²) in [5, 5.41) is 9.74. The van der Waals surface area contributed by atoms with E-state index in [1.807, 2.05) is 0 Å². The molecule has 0 saturated carbocycles. The highest BCUT2D eigenvalue weighted by molar-refractivity contribution is 6.00. The highest BCUT2D eigenvalue weighted by atomic mass is 16.3. The van der Waals surface area contributed by atoms with Crippen LogP contribution in [0.3, 0.4) is 0 Å². The molecule has 1 amide bonds. The van der Waals surface area contributed by atoms with E-state index >= 15 is 0 Å². The fourth-order valence-corrected chi connectivity index (χ4v) is 1.77. The number of nitrogens with two attached hydrogens (primary N) is 2. The molecule has 0 fully saturated rings. The van der Waals surface area contributed by atoms with Crippen LogP contribution in [-0.4, -0.2) is 30.2 Å². The predicted molar refractivity (Wildman–Crippen MR) is 68.9 cm³/mol. The Morgan fingerprint density at radius 2 is 2.06 bits per heavy atom. The summed E-state index contributed by atoms with van der Waals surface area (Å²) < 4.78 is 0. The normalized spacial score (nSPS) is 11.3. The van der Waals surface area contributed by atoms with Gasteiger partial charge in [0.2, 0.25) is 0 Å². The van der Waals surface area contributed by atoms with Crippen LogP contribution in [0.25, 0.3) is 0 Å². The molecule has 0 spiro atoms. The van der Waals surface area contributed by atoms with E-state index in [9.17, 15) is 9.90 Å². The van der Waals surface area contributed by atoms with E-state index < -0.39 is 11.5 Å². The van der Waals surface area contributed by atoms with Crippen LogP contribution in [-0.2, 0) is 0 Å². The summed E-state index contributed by atoms with van der Waals surface area (Å²) in [4.78, 5) is 12.9. The van der Waals surface area contributed by atoms with Gasteiger partial charge in [-0.05, 0) is 26.0 Å². The van der Waals surface area contributed by atoms with Crippen molar-refractivity contribution >= 4 is 17.3 Å². The molecule has 1 aromatic rings. The Balaban J connectivity index is 3.07. The van der Waals surface area contributed by atoms with Crippen LogP contribution in [0.15, 0.2) is 18.2 Å². The smallest absolute Gasteiger partial charge is 0.250 e. The van der Waals surface area contributed by atoms with Crippen LogP contribution >= 0.6 is 0 Å². The fourth-order valence-electron chi connectivity index (χ4n) is 1.77. The van der Waals surface area contributed by atoms with Crippen molar-refractivity contribution in [2.45, 2.75) is 19.4 Å². The highest BCUT2D eigenvalue weighted by Crippen LogP contribution is 2.26. The molecule has 5 heteroatoms. The van der Waals surface area contributed by atoms with Gasteiger partial charge in [0.1, 0.15) is 0 Å². The second-order valence-electron chi connectivity index (χ2n) is 4.77. The van der Waals surface area contributed by atoms with Gasteiger partial charge in [-0.15, -0.1) is 0 Å². The van der Waals surface area contributed by atoms with Gasteiger partial charge in [-0.2, -0.15) is 0 Å². The number of carbonyl (C=O) groups excluding carboxylic acids is 1. The van der Waals surface area contributed by atoms with E-state index in [1.54, 1.807) is 44.0 Å². The molecule has 0 atom stereocenters. The number of benzene rings is 1. The number of nitrogens with zero attached hydrogens (tertiary/aromatic N) is 1. The first-order valence-electron chi connectivity index (χ1n) is 5.34. The molecule has 94 valence electrons. The molecule has 0 aliphatic rings.